The number of fused-ring (bicyclic) bond motifs is 1. The maximum Gasteiger partial charge on any atom is 0.337 e. The summed E-state index contributed by atoms with van der Waals surface area (Å²) in [6.07, 6.45) is -2.49. The lowest BCUT2D eigenvalue weighted by molar-refractivity contribution is -0.207. The molecule has 0 spiro atoms. The fraction of sp³-hybridized carbons (Fsp3) is 0.800. The van der Waals surface area contributed by atoms with Crippen molar-refractivity contribution in [1.82, 2.24) is 10.6 Å². The minimum atomic E-state index is -0.843. The molecule has 0 radical (unpaired) electrons. The van der Waals surface area contributed by atoms with Crippen molar-refractivity contribution in [3.8, 4) is 0 Å². The number of hydrogen-bond acceptors (Lipinski definition) is 8. The van der Waals surface area contributed by atoms with Gasteiger partial charge in [-0.05, 0) is 41.5 Å². The number of amides is 2. The van der Waals surface area contributed by atoms with E-state index in [1.807, 2.05) is 27.7 Å². The molecule has 0 saturated carbocycles. The van der Waals surface area contributed by atoms with Crippen molar-refractivity contribution in [1.29, 1.82) is 0 Å². The fourth-order valence-electron chi connectivity index (χ4n) is 4.56. The van der Waals surface area contributed by atoms with Gasteiger partial charge in [0.2, 0.25) is 0 Å². The molecule has 2 amide bonds. The summed E-state index contributed by atoms with van der Waals surface area (Å²) in [6, 6.07) is -1.18. The molecule has 4 heterocycles. The van der Waals surface area contributed by atoms with E-state index < -0.39 is 54.0 Å². The summed E-state index contributed by atoms with van der Waals surface area (Å²) in [7, 11) is 0. The van der Waals surface area contributed by atoms with Crippen LogP contribution in [0.3, 0.4) is 0 Å². The highest BCUT2D eigenvalue weighted by Crippen LogP contribution is 2.44. The second kappa shape index (κ2) is 7.45. The van der Waals surface area contributed by atoms with E-state index >= 15 is 0 Å². The second-order valence-corrected chi connectivity index (χ2v) is 8.83. The molecule has 2 N–H and O–H groups in total. The molecule has 0 unspecified atom stereocenters. The Morgan fingerprint density at radius 2 is 1.73 bits per heavy atom. The minimum absolute atomic E-state index is 0.214. The van der Waals surface area contributed by atoms with Crippen molar-refractivity contribution in [3.05, 3.63) is 11.3 Å². The average molecular weight is 426 g/mol. The third-order valence-electron chi connectivity index (χ3n) is 5.65. The van der Waals surface area contributed by atoms with E-state index in [2.05, 4.69) is 10.6 Å². The quantitative estimate of drug-likeness (QED) is 0.639. The van der Waals surface area contributed by atoms with Crippen molar-refractivity contribution in [2.45, 2.75) is 89.7 Å². The maximum absolute atomic E-state index is 12.7. The Hall–Kier alpha value is -1.72. The molecule has 3 fully saturated rings. The number of rotatable bonds is 4. The number of carbonyl (C=O) groups is 2. The molecule has 0 aromatic rings. The summed E-state index contributed by atoms with van der Waals surface area (Å²) < 4.78 is 35.6. The van der Waals surface area contributed by atoms with Crippen LogP contribution >= 0.6 is 0 Å². The van der Waals surface area contributed by atoms with Crippen molar-refractivity contribution in [2.75, 3.05) is 13.2 Å². The van der Waals surface area contributed by atoms with Crippen LogP contribution in [0.1, 0.15) is 41.5 Å². The Kier molecular flexibility index (Phi) is 5.34. The Labute approximate surface area is 175 Å². The number of urea groups is 1. The smallest absolute Gasteiger partial charge is 0.337 e. The van der Waals surface area contributed by atoms with E-state index in [4.69, 9.17) is 28.4 Å². The van der Waals surface area contributed by atoms with Crippen LogP contribution < -0.4 is 10.6 Å². The molecule has 0 aromatic carbocycles. The highest BCUT2D eigenvalue weighted by atomic mass is 16.8. The van der Waals surface area contributed by atoms with Gasteiger partial charge in [0.15, 0.2) is 11.6 Å². The molecule has 6 atom stereocenters. The molecule has 0 aliphatic carbocycles. The van der Waals surface area contributed by atoms with Gasteiger partial charge < -0.3 is 39.1 Å². The maximum atomic E-state index is 12.7. The third-order valence-corrected chi connectivity index (χ3v) is 5.65. The van der Waals surface area contributed by atoms with Crippen LogP contribution in [0.25, 0.3) is 0 Å². The normalized spacial score (nSPS) is 39.5. The Bertz CT molecular complexity index is 764. The van der Waals surface area contributed by atoms with Gasteiger partial charge in [-0.15, -0.1) is 0 Å². The third kappa shape index (κ3) is 3.82. The number of nitrogens with one attached hydrogen (secondary N) is 2. The zero-order chi connectivity index (χ0) is 21.8. The standard InChI is InChI=1S/C20H30N2O8/c1-7-25-17(23)11-9(2)21-18(24)22-12(11)14-16-15(29-20(5,6)30-16)13(27-14)10-8-26-19(3,4)28-10/h10,12-16H,7-8H2,1-6H3,(H2,21,22,24)/t10-,12-,13-,14-,15+,16-/m1/s1. The summed E-state index contributed by atoms with van der Waals surface area (Å²) in [5.41, 5.74) is 0.726. The summed E-state index contributed by atoms with van der Waals surface area (Å²) in [6.45, 7) is 11.3. The van der Waals surface area contributed by atoms with E-state index in [0.29, 0.717) is 17.9 Å². The first-order valence-corrected chi connectivity index (χ1v) is 10.3. The monoisotopic (exact) mass is 426 g/mol. The van der Waals surface area contributed by atoms with Gasteiger partial charge in [-0.3, -0.25) is 0 Å². The number of hydrogen-bond donors (Lipinski definition) is 2. The lowest BCUT2D eigenvalue weighted by Crippen LogP contribution is -2.57. The van der Waals surface area contributed by atoms with Gasteiger partial charge in [0.1, 0.15) is 30.5 Å². The molecular formula is C20H30N2O8. The Morgan fingerprint density at radius 3 is 2.33 bits per heavy atom. The molecule has 4 rings (SSSR count). The van der Waals surface area contributed by atoms with Crippen molar-refractivity contribution in [3.63, 3.8) is 0 Å². The fourth-order valence-corrected chi connectivity index (χ4v) is 4.56. The predicted octanol–water partition coefficient (Wildman–Crippen LogP) is 0.944. The van der Waals surface area contributed by atoms with Gasteiger partial charge in [-0.25, -0.2) is 9.59 Å². The Morgan fingerprint density at radius 1 is 1.07 bits per heavy atom. The molecule has 4 aliphatic rings. The second-order valence-electron chi connectivity index (χ2n) is 8.83. The van der Waals surface area contributed by atoms with Gasteiger partial charge in [-0.2, -0.15) is 0 Å². The van der Waals surface area contributed by atoms with Crippen LogP contribution in [0, 0.1) is 0 Å². The van der Waals surface area contributed by atoms with Crippen LogP contribution in [-0.4, -0.2) is 73.4 Å². The zero-order valence-corrected chi connectivity index (χ0v) is 18.1. The van der Waals surface area contributed by atoms with Gasteiger partial charge in [-0.1, -0.05) is 0 Å². The molecule has 168 valence electrons. The highest BCUT2D eigenvalue weighted by Gasteiger charge is 2.61. The Balaban J connectivity index is 1.66. The van der Waals surface area contributed by atoms with Crippen LogP contribution in [0.2, 0.25) is 0 Å². The number of esters is 1. The van der Waals surface area contributed by atoms with Crippen molar-refractivity contribution >= 4 is 12.0 Å². The van der Waals surface area contributed by atoms with E-state index in [-0.39, 0.29) is 12.7 Å². The lowest BCUT2D eigenvalue weighted by Gasteiger charge is -2.34. The first-order valence-electron chi connectivity index (χ1n) is 10.3. The summed E-state index contributed by atoms with van der Waals surface area (Å²) in [4.78, 5) is 24.9. The van der Waals surface area contributed by atoms with Gasteiger partial charge >= 0.3 is 12.0 Å². The first kappa shape index (κ1) is 21.5. The van der Waals surface area contributed by atoms with Gasteiger partial charge in [0, 0.05) is 5.70 Å². The van der Waals surface area contributed by atoms with Crippen LogP contribution in [-0.2, 0) is 33.2 Å². The molecule has 3 saturated heterocycles. The highest BCUT2D eigenvalue weighted by molar-refractivity contribution is 5.94. The number of allylic oxidation sites excluding steroid dienone is 1. The van der Waals surface area contributed by atoms with E-state index in [1.54, 1.807) is 13.8 Å². The van der Waals surface area contributed by atoms with E-state index in [1.165, 1.54) is 0 Å². The van der Waals surface area contributed by atoms with Crippen LogP contribution in [0.4, 0.5) is 4.79 Å². The summed E-state index contributed by atoms with van der Waals surface area (Å²) >= 11 is 0. The molecule has 0 aromatic heterocycles. The lowest BCUT2D eigenvalue weighted by atomic mass is 9.93. The molecule has 30 heavy (non-hydrogen) atoms. The van der Waals surface area contributed by atoms with Crippen molar-refractivity contribution in [2.24, 2.45) is 0 Å². The zero-order valence-electron chi connectivity index (χ0n) is 18.1. The van der Waals surface area contributed by atoms with Crippen molar-refractivity contribution < 1.29 is 38.0 Å². The molecule has 10 nitrogen and oxygen atoms in total. The topological polar surface area (TPSA) is 114 Å². The largest absolute Gasteiger partial charge is 0.463 e. The molecular weight excluding hydrogens is 396 g/mol. The van der Waals surface area contributed by atoms with Crippen LogP contribution in [0.5, 0.6) is 0 Å². The van der Waals surface area contributed by atoms with Gasteiger partial charge in [0.05, 0.1) is 24.8 Å². The summed E-state index contributed by atoms with van der Waals surface area (Å²) in [5.74, 6) is -2.09. The molecule has 10 heteroatoms. The molecule has 4 aliphatic heterocycles. The first-order chi connectivity index (χ1) is 14.0. The van der Waals surface area contributed by atoms with Crippen LogP contribution in [0.15, 0.2) is 11.3 Å². The number of ether oxygens (including phenoxy) is 6. The predicted molar refractivity (Wildman–Crippen MR) is 102 cm³/mol. The SMILES string of the molecule is CCOC(=O)C1=C(C)NC(=O)N[C@H]1[C@H]1O[C@H]([C@H]2COC(C)(C)O2)[C@@H]2OC(C)(C)O[C@@H]21. The van der Waals surface area contributed by atoms with E-state index in [0.717, 1.165) is 0 Å². The summed E-state index contributed by atoms with van der Waals surface area (Å²) in [5, 5.41) is 5.44. The van der Waals surface area contributed by atoms with Gasteiger partial charge in [0.25, 0.3) is 0 Å². The van der Waals surface area contributed by atoms with E-state index in [9.17, 15) is 9.59 Å². The minimum Gasteiger partial charge on any atom is -0.463 e. The average Bonchev–Trinajstić information content (AvgIpc) is 3.23. The molecule has 0 bridgehead atoms. The number of carbonyl (C=O) groups excluding carboxylic acids is 2.